The number of oxazole rings is 1. The SMILES string of the molecule is COc1ccc2oc(-c3ccc(-n4cnnc4)cc3)nc2c1. The third-order valence-corrected chi connectivity index (χ3v) is 3.43. The Morgan fingerprint density at radius 1 is 1.00 bits per heavy atom. The number of hydrogen-bond acceptors (Lipinski definition) is 5. The fraction of sp³-hybridized carbons (Fsp3) is 0.0625. The van der Waals surface area contributed by atoms with E-state index in [0.717, 1.165) is 28.1 Å². The van der Waals surface area contributed by atoms with Crippen molar-refractivity contribution in [2.75, 3.05) is 7.11 Å². The van der Waals surface area contributed by atoms with E-state index in [1.807, 2.05) is 47.0 Å². The topological polar surface area (TPSA) is 66.0 Å². The Labute approximate surface area is 126 Å². The smallest absolute Gasteiger partial charge is 0.227 e. The molecule has 4 aromatic rings. The van der Waals surface area contributed by atoms with Gasteiger partial charge in [-0.05, 0) is 36.4 Å². The molecule has 6 heteroatoms. The number of benzene rings is 2. The summed E-state index contributed by atoms with van der Waals surface area (Å²) < 4.78 is 12.8. The maximum absolute atomic E-state index is 5.79. The van der Waals surface area contributed by atoms with Gasteiger partial charge in [-0.1, -0.05) is 0 Å². The maximum Gasteiger partial charge on any atom is 0.227 e. The molecule has 108 valence electrons. The minimum absolute atomic E-state index is 0.582. The van der Waals surface area contributed by atoms with Crippen LogP contribution in [0.3, 0.4) is 0 Å². The van der Waals surface area contributed by atoms with Crippen LogP contribution in [0.15, 0.2) is 59.5 Å². The molecule has 2 heterocycles. The molecule has 0 aliphatic carbocycles. The van der Waals surface area contributed by atoms with Crippen molar-refractivity contribution in [1.29, 1.82) is 0 Å². The Kier molecular flexibility index (Phi) is 2.86. The molecule has 4 rings (SSSR count). The Morgan fingerprint density at radius 3 is 2.50 bits per heavy atom. The van der Waals surface area contributed by atoms with E-state index in [2.05, 4.69) is 15.2 Å². The van der Waals surface area contributed by atoms with Gasteiger partial charge < -0.3 is 9.15 Å². The summed E-state index contributed by atoms with van der Waals surface area (Å²) in [6.07, 6.45) is 3.31. The van der Waals surface area contributed by atoms with Crippen LogP contribution in [0.4, 0.5) is 0 Å². The van der Waals surface area contributed by atoms with Gasteiger partial charge in [-0.3, -0.25) is 4.57 Å². The highest BCUT2D eigenvalue weighted by Crippen LogP contribution is 2.27. The maximum atomic E-state index is 5.79. The van der Waals surface area contributed by atoms with Crippen LogP contribution < -0.4 is 4.74 Å². The van der Waals surface area contributed by atoms with Crippen LogP contribution in [0, 0.1) is 0 Å². The number of aromatic nitrogens is 4. The Balaban J connectivity index is 1.72. The summed E-state index contributed by atoms with van der Waals surface area (Å²) in [4.78, 5) is 4.51. The molecule has 0 atom stereocenters. The summed E-state index contributed by atoms with van der Waals surface area (Å²) in [7, 11) is 1.63. The van der Waals surface area contributed by atoms with Gasteiger partial charge in [0.05, 0.1) is 7.11 Å². The van der Waals surface area contributed by atoms with Gasteiger partial charge in [0, 0.05) is 17.3 Å². The van der Waals surface area contributed by atoms with Crippen molar-refractivity contribution in [2.45, 2.75) is 0 Å². The first-order valence-corrected chi connectivity index (χ1v) is 6.73. The van der Waals surface area contributed by atoms with E-state index < -0.39 is 0 Å². The third kappa shape index (κ3) is 2.10. The Morgan fingerprint density at radius 2 is 1.77 bits per heavy atom. The lowest BCUT2D eigenvalue weighted by Gasteiger charge is -2.01. The van der Waals surface area contributed by atoms with E-state index in [-0.39, 0.29) is 0 Å². The number of methoxy groups -OCH3 is 1. The molecular weight excluding hydrogens is 280 g/mol. The van der Waals surface area contributed by atoms with Crippen LogP contribution in [0.25, 0.3) is 28.2 Å². The van der Waals surface area contributed by atoms with Crippen molar-refractivity contribution in [3.05, 3.63) is 55.1 Å². The standard InChI is InChI=1S/C16H12N4O2/c1-21-13-6-7-15-14(8-13)19-16(22-15)11-2-4-12(5-3-11)20-9-17-18-10-20/h2-10H,1H3. The second-order valence-electron chi connectivity index (χ2n) is 4.77. The molecule has 6 nitrogen and oxygen atoms in total. The summed E-state index contributed by atoms with van der Waals surface area (Å²) in [6.45, 7) is 0. The Hall–Kier alpha value is -3.15. The van der Waals surface area contributed by atoms with Crippen LogP contribution in [-0.4, -0.2) is 26.9 Å². The highest BCUT2D eigenvalue weighted by Gasteiger charge is 2.09. The van der Waals surface area contributed by atoms with Gasteiger partial charge in [0.1, 0.15) is 23.9 Å². The van der Waals surface area contributed by atoms with Crippen molar-refractivity contribution >= 4 is 11.1 Å². The molecule has 0 radical (unpaired) electrons. The normalized spacial score (nSPS) is 11.0. The van der Waals surface area contributed by atoms with Crippen molar-refractivity contribution < 1.29 is 9.15 Å². The molecule has 22 heavy (non-hydrogen) atoms. The highest BCUT2D eigenvalue weighted by atomic mass is 16.5. The van der Waals surface area contributed by atoms with Crippen molar-refractivity contribution in [3.8, 4) is 22.9 Å². The highest BCUT2D eigenvalue weighted by molar-refractivity contribution is 5.77. The van der Waals surface area contributed by atoms with E-state index >= 15 is 0 Å². The number of hydrogen-bond donors (Lipinski definition) is 0. The van der Waals surface area contributed by atoms with Gasteiger partial charge in [0.15, 0.2) is 5.58 Å². The van der Waals surface area contributed by atoms with Crippen molar-refractivity contribution in [1.82, 2.24) is 19.7 Å². The fourth-order valence-corrected chi connectivity index (χ4v) is 2.27. The van der Waals surface area contributed by atoms with E-state index in [4.69, 9.17) is 9.15 Å². The number of fused-ring (bicyclic) bond motifs is 1. The molecule has 0 spiro atoms. The van der Waals surface area contributed by atoms with Crippen molar-refractivity contribution in [3.63, 3.8) is 0 Å². The molecule has 0 saturated carbocycles. The van der Waals surface area contributed by atoms with Crippen LogP contribution >= 0.6 is 0 Å². The second kappa shape index (κ2) is 5.00. The fourth-order valence-electron chi connectivity index (χ4n) is 2.27. The second-order valence-corrected chi connectivity index (χ2v) is 4.77. The van der Waals surface area contributed by atoms with Gasteiger partial charge in [0.2, 0.25) is 5.89 Å². The van der Waals surface area contributed by atoms with E-state index in [0.29, 0.717) is 5.89 Å². The number of ether oxygens (including phenoxy) is 1. The molecule has 2 aromatic carbocycles. The minimum atomic E-state index is 0.582. The largest absolute Gasteiger partial charge is 0.497 e. The molecule has 0 unspecified atom stereocenters. The molecule has 0 fully saturated rings. The summed E-state index contributed by atoms with van der Waals surface area (Å²) in [6, 6.07) is 13.4. The van der Waals surface area contributed by atoms with Crippen LogP contribution in [0.2, 0.25) is 0 Å². The van der Waals surface area contributed by atoms with Gasteiger partial charge >= 0.3 is 0 Å². The van der Waals surface area contributed by atoms with E-state index in [9.17, 15) is 0 Å². The predicted molar refractivity (Wildman–Crippen MR) is 80.9 cm³/mol. The van der Waals surface area contributed by atoms with Gasteiger partial charge in [-0.15, -0.1) is 10.2 Å². The molecule has 0 N–H and O–H groups in total. The van der Waals surface area contributed by atoms with Crippen molar-refractivity contribution in [2.24, 2.45) is 0 Å². The predicted octanol–water partition coefficient (Wildman–Crippen LogP) is 3.08. The summed E-state index contributed by atoms with van der Waals surface area (Å²) in [5.41, 5.74) is 3.40. The summed E-state index contributed by atoms with van der Waals surface area (Å²) >= 11 is 0. The molecule has 0 aliphatic heterocycles. The lowest BCUT2D eigenvalue weighted by molar-refractivity contribution is 0.415. The Bertz CT molecular complexity index is 911. The molecule has 2 aromatic heterocycles. The van der Waals surface area contributed by atoms with Crippen LogP contribution in [0.1, 0.15) is 0 Å². The average molecular weight is 292 g/mol. The van der Waals surface area contributed by atoms with Crippen LogP contribution in [0.5, 0.6) is 5.75 Å². The first-order valence-electron chi connectivity index (χ1n) is 6.73. The molecule has 0 saturated heterocycles. The number of rotatable bonds is 3. The third-order valence-electron chi connectivity index (χ3n) is 3.43. The first kappa shape index (κ1) is 12.6. The quantitative estimate of drug-likeness (QED) is 0.580. The zero-order valence-electron chi connectivity index (χ0n) is 11.8. The minimum Gasteiger partial charge on any atom is -0.497 e. The monoisotopic (exact) mass is 292 g/mol. The molecule has 0 aliphatic rings. The molecular formula is C16H12N4O2. The van der Waals surface area contributed by atoms with Gasteiger partial charge in [-0.2, -0.15) is 0 Å². The van der Waals surface area contributed by atoms with E-state index in [1.54, 1.807) is 19.8 Å². The zero-order valence-corrected chi connectivity index (χ0v) is 11.8. The summed E-state index contributed by atoms with van der Waals surface area (Å²) in [5.74, 6) is 1.34. The van der Waals surface area contributed by atoms with Crippen LogP contribution in [-0.2, 0) is 0 Å². The first-order chi connectivity index (χ1) is 10.8. The van der Waals surface area contributed by atoms with E-state index in [1.165, 1.54) is 0 Å². The molecule has 0 amide bonds. The average Bonchev–Trinajstić information content (AvgIpc) is 3.23. The zero-order chi connectivity index (χ0) is 14.9. The van der Waals surface area contributed by atoms with Gasteiger partial charge in [0.25, 0.3) is 0 Å². The molecule has 0 bridgehead atoms. The lowest BCUT2D eigenvalue weighted by Crippen LogP contribution is -1.89. The van der Waals surface area contributed by atoms with Gasteiger partial charge in [-0.25, -0.2) is 4.98 Å². The summed E-state index contributed by atoms with van der Waals surface area (Å²) in [5, 5.41) is 7.59. The lowest BCUT2D eigenvalue weighted by atomic mass is 10.2. The number of nitrogens with zero attached hydrogens (tertiary/aromatic N) is 4.